The van der Waals surface area contributed by atoms with Gasteiger partial charge in [0.05, 0.1) is 4.90 Å². The van der Waals surface area contributed by atoms with Crippen molar-refractivity contribution in [2.45, 2.75) is 43.2 Å². The first-order valence-corrected chi connectivity index (χ1v) is 12.0. The van der Waals surface area contributed by atoms with E-state index in [1.807, 2.05) is 30.3 Å². The summed E-state index contributed by atoms with van der Waals surface area (Å²) in [4.78, 5) is 26.3. The lowest BCUT2D eigenvalue weighted by molar-refractivity contribution is -0.148. The number of hydrogen-bond donors (Lipinski definition) is 0. The number of nitrogens with zero attached hydrogens (tertiary/aromatic N) is 2. The van der Waals surface area contributed by atoms with E-state index in [2.05, 4.69) is 4.90 Å². The molecule has 0 bridgehead atoms. The molecule has 2 heterocycles. The van der Waals surface area contributed by atoms with Crippen molar-refractivity contribution >= 4 is 27.5 Å². The normalized spacial score (nSPS) is 20.1. The molecule has 4 rings (SSSR count). The van der Waals surface area contributed by atoms with Gasteiger partial charge in [0, 0.05) is 38.2 Å². The predicted molar refractivity (Wildman–Crippen MR) is 116 cm³/mol. The second-order valence-electron chi connectivity index (χ2n) is 7.89. The SMILES string of the molecule is O=C1CCN(c2ccc(S(=O)(=O)N3CCC[C@@H]3C(=O)OCc3ccccc3)cc2)CC1. The van der Waals surface area contributed by atoms with Gasteiger partial charge >= 0.3 is 5.97 Å². The zero-order chi connectivity index (χ0) is 21.8. The van der Waals surface area contributed by atoms with Crippen LogP contribution in [0.1, 0.15) is 31.2 Å². The Labute approximate surface area is 182 Å². The molecule has 0 saturated carbocycles. The Bertz CT molecular complexity index is 1030. The smallest absolute Gasteiger partial charge is 0.324 e. The molecule has 2 aromatic carbocycles. The average Bonchev–Trinajstić information content (AvgIpc) is 3.30. The number of piperidine rings is 1. The number of carbonyl (C=O) groups is 2. The lowest BCUT2D eigenvalue weighted by Crippen LogP contribution is -2.41. The van der Waals surface area contributed by atoms with Crippen LogP contribution in [0.4, 0.5) is 5.69 Å². The Hall–Kier alpha value is -2.71. The van der Waals surface area contributed by atoms with Crippen molar-refractivity contribution in [3.05, 3.63) is 60.2 Å². The Kier molecular flexibility index (Phi) is 6.38. The lowest BCUT2D eigenvalue weighted by atomic mass is 10.1. The van der Waals surface area contributed by atoms with E-state index in [-0.39, 0.29) is 17.3 Å². The number of benzene rings is 2. The third kappa shape index (κ3) is 4.80. The Morgan fingerprint density at radius 3 is 2.32 bits per heavy atom. The van der Waals surface area contributed by atoms with Gasteiger partial charge in [-0.3, -0.25) is 9.59 Å². The molecule has 0 aromatic heterocycles. The maximum absolute atomic E-state index is 13.2. The summed E-state index contributed by atoms with van der Waals surface area (Å²) in [5, 5.41) is 0. The summed E-state index contributed by atoms with van der Waals surface area (Å²) in [5.41, 5.74) is 1.75. The molecule has 2 aliphatic heterocycles. The molecule has 164 valence electrons. The minimum absolute atomic E-state index is 0.122. The van der Waals surface area contributed by atoms with Gasteiger partial charge < -0.3 is 9.64 Å². The highest BCUT2D eigenvalue weighted by atomic mass is 32.2. The number of anilines is 1. The van der Waals surface area contributed by atoms with Gasteiger partial charge in [-0.2, -0.15) is 4.31 Å². The summed E-state index contributed by atoms with van der Waals surface area (Å²) < 4.78 is 33.1. The largest absolute Gasteiger partial charge is 0.460 e. The van der Waals surface area contributed by atoms with E-state index in [1.54, 1.807) is 24.3 Å². The van der Waals surface area contributed by atoms with Crippen LogP contribution in [0.25, 0.3) is 0 Å². The van der Waals surface area contributed by atoms with E-state index < -0.39 is 22.0 Å². The van der Waals surface area contributed by atoms with Crippen LogP contribution >= 0.6 is 0 Å². The molecular formula is C23H26N2O5S. The van der Waals surface area contributed by atoms with E-state index in [0.29, 0.717) is 45.3 Å². The first kappa shape index (κ1) is 21.5. The van der Waals surface area contributed by atoms with Crippen molar-refractivity contribution in [2.75, 3.05) is 24.5 Å². The van der Waals surface area contributed by atoms with Crippen LogP contribution in [-0.4, -0.2) is 50.2 Å². The average molecular weight is 443 g/mol. The van der Waals surface area contributed by atoms with Crippen LogP contribution in [0, 0.1) is 0 Å². The monoisotopic (exact) mass is 442 g/mol. The topological polar surface area (TPSA) is 84.0 Å². The van der Waals surface area contributed by atoms with Crippen molar-refractivity contribution < 1.29 is 22.7 Å². The summed E-state index contributed by atoms with van der Waals surface area (Å²) in [6, 6.07) is 15.2. The van der Waals surface area contributed by atoms with Gasteiger partial charge in [0.15, 0.2) is 0 Å². The lowest BCUT2D eigenvalue weighted by Gasteiger charge is -2.28. The molecule has 2 saturated heterocycles. The fourth-order valence-electron chi connectivity index (χ4n) is 4.07. The molecule has 2 fully saturated rings. The third-order valence-corrected chi connectivity index (χ3v) is 7.75. The number of hydrogen-bond acceptors (Lipinski definition) is 6. The molecule has 0 unspecified atom stereocenters. The zero-order valence-electron chi connectivity index (χ0n) is 17.3. The van der Waals surface area contributed by atoms with Crippen molar-refractivity contribution in [1.29, 1.82) is 0 Å². The summed E-state index contributed by atoms with van der Waals surface area (Å²) in [6.07, 6.45) is 2.10. The number of carbonyl (C=O) groups excluding carboxylic acids is 2. The van der Waals surface area contributed by atoms with E-state index in [9.17, 15) is 18.0 Å². The number of Topliss-reactive ketones (excluding diaryl/α,β-unsaturated/α-hetero) is 1. The van der Waals surface area contributed by atoms with Crippen LogP contribution in [0.15, 0.2) is 59.5 Å². The first-order valence-electron chi connectivity index (χ1n) is 10.5. The van der Waals surface area contributed by atoms with Crippen molar-refractivity contribution in [3.63, 3.8) is 0 Å². The van der Waals surface area contributed by atoms with Gasteiger partial charge in [0.1, 0.15) is 18.4 Å². The minimum atomic E-state index is -3.81. The fraction of sp³-hybridized carbons (Fsp3) is 0.391. The van der Waals surface area contributed by atoms with Gasteiger partial charge in [-0.25, -0.2) is 8.42 Å². The van der Waals surface area contributed by atoms with Crippen molar-refractivity contribution in [3.8, 4) is 0 Å². The van der Waals surface area contributed by atoms with Gasteiger partial charge in [-0.05, 0) is 42.7 Å². The highest BCUT2D eigenvalue weighted by Crippen LogP contribution is 2.29. The van der Waals surface area contributed by atoms with E-state index in [0.717, 1.165) is 11.3 Å². The maximum Gasteiger partial charge on any atom is 0.324 e. The number of rotatable bonds is 6. The van der Waals surface area contributed by atoms with Gasteiger partial charge in [0.2, 0.25) is 10.0 Å². The molecule has 1 atom stereocenters. The molecule has 31 heavy (non-hydrogen) atoms. The van der Waals surface area contributed by atoms with E-state index >= 15 is 0 Å². The maximum atomic E-state index is 13.2. The Morgan fingerprint density at radius 2 is 1.65 bits per heavy atom. The summed E-state index contributed by atoms with van der Waals surface area (Å²) in [5.74, 6) is -0.255. The number of esters is 1. The quantitative estimate of drug-likeness (QED) is 0.640. The second kappa shape index (κ2) is 9.20. The molecular weight excluding hydrogens is 416 g/mol. The van der Waals surface area contributed by atoms with E-state index in [4.69, 9.17) is 4.74 Å². The van der Waals surface area contributed by atoms with E-state index in [1.165, 1.54) is 4.31 Å². The molecule has 2 aliphatic rings. The minimum Gasteiger partial charge on any atom is -0.460 e. The van der Waals surface area contributed by atoms with Crippen molar-refractivity contribution in [1.82, 2.24) is 4.31 Å². The van der Waals surface area contributed by atoms with Crippen molar-refractivity contribution in [2.24, 2.45) is 0 Å². The first-order chi connectivity index (χ1) is 14.9. The summed E-state index contributed by atoms with van der Waals surface area (Å²) >= 11 is 0. The summed E-state index contributed by atoms with van der Waals surface area (Å²) in [6.45, 7) is 1.71. The Morgan fingerprint density at radius 1 is 0.968 bits per heavy atom. The highest BCUT2D eigenvalue weighted by molar-refractivity contribution is 7.89. The molecule has 0 spiro atoms. The molecule has 0 aliphatic carbocycles. The predicted octanol–water partition coefficient (Wildman–Crippen LogP) is 2.75. The van der Waals surface area contributed by atoms with Crippen LogP contribution in [0.3, 0.4) is 0 Å². The zero-order valence-corrected chi connectivity index (χ0v) is 18.1. The van der Waals surface area contributed by atoms with Crippen LogP contribution in [0.2, 0.25) is 0 Å². The van der Waals surface area contributed by atoms with Crippen LogP contribution in [0.5, 0.6) is 0 Å². The van der Waals surface area contributed by atoms with Crippen LogP contribution < -0.4 is 4.90 Å². The molecule has 7 nitrogen and oxygen atoms in total. The van der Waals surface area contributed by atoms with Gasteiger partial charge in [-0.1, -0.05) is 30.3 Å². The number of sulfonamides is 1. The third-order valence-electron chi connectivity index (χ3n) is 5.83. The molecule has 0 N–H and O–H groups in total. The molecule has 8 heteroatoms. The summed E-state index contributed by atoms with van der Waals surface area (Å²) in [7, 11) is -3.81. The molecule has 2 aromatic rings. The molecule has 0 radical (unpaired) electrons. The second-order valence-corrected chi connectivity index (χ2v) is 9.78. The fourth-order valence-corrected chi connectivity index (χ4v) is 5.71. The highest BCUT2D eigenvalue weighted by Gasteiger charge is 2.40. The molecule has 0 amide bonds. The number of ketones is 1. The van der Waals surface area contributed by atoms with Gasteiger partial charge in [0.25, 0.3) is 0 Å². The number of ether oxygens (including phenoxy) is 1. The van der Waals surface area contributed by atoms with Gasteiger partial charge in [-0.15, -0.1) is 0 Å². The Balaban J connectivity index is 1.44. The standard InChI is InChI=1S/C23H26N2O5S/c26-20-12-15-24(16-13-20)19-8-10-21(11-9-19)31(28,29)25-14-4-7-22(25)23(27)30-17-18-5-2-1-3-6-18/h1-3,5-6,8-11,22H,4,7,12-17H2/t22-/m1/s1. The van der Waals surface area contributed by atoms with Crippen LogP contribution in [-0.2, 0) is 31.0 Å².